The highest BCUT2D eigenvalue weighted by atomic mass is 32.2. The lowest BCUT2D eigenvalue weighted by Gasteiger charge is -2.24. The number of hydrogen-bond acceptors (Lipinski definition) is 11. The Hall–Kier alpha value is -5.65. The topological polar surface area (TPSA) is 213 Å². The third-order valence-corrected chi connectivity index (χ3v) is 8.95. The van der Waals surface area contributed by atoms with Crippen LogP contribution in [0.4, 0.5) is 33.5 Å². The third-order valence-electron chi connectivity index (χ3n) is 7.41. The number of rotatable bonds is 11. The number of ether oxygens (including phenoxy) is 3. The molecule has 0 unspecified atom stereocenters. The molecule has 17 heteroatoms. The zero-order valence-electron chi connectivity index (χ0n) is 28.6. The second-order valence-electron chi connectivity index (χ2n) is 12.3. The van der Waals surface area contributed by atoms with E-state index in [9.17, 15) is 21.6 Å². The SMILES string of the molecule is COc1cc(Nc2nccc(Oc3ccc(NC(=O)Nc4cc(C(C)(C)C)cc(NS(C)(=O)=O)c4OC)c4ccccc34)n2)ccc1S(N)(=O)=O. The number of fused-ring (bicyclic) bond motifs is 1. The zero-order valence-corrected chi connectivity index (χ0v) is 30.2. The maximum absolute atomic E-state index is 13.4. The number of nitrogens with zero attached hydrogens (tertiary/aromatic N) is 2. The van der Waals surface area contributed by atoms with Gasteiger partial charge in [-0.25, -0.2) is 31.8 Å². The Bertz CT molecular complexity index is 2350. The first-order valence-corrected chi connectivity index (χ1v) is 18.7. The first kappa shape index (κ1) is 36.6. The highest BCUT2D eigenvalue weighted by Gasteiger charge is 2.23. The molecule has 5 rings (SSSR count). The van der Waals surface area contributed by atoms with Crippen molar-refractivity contribution in [2.75, 3.05) is 41.1 Å². The Morgan fingerprint density at radius 2 is 1.49 bits per heavy atom. The summed E-state index contributed by atoms with van der Waals surface area (Å²) in [7, 11) is -4.93. The van der Waals surface area contributed by atoms with E-state index < -0.39 is 26.1 Å². The van der Waals surface area contributed by atoms with Gasteiger partial charge in [0.1, 0.15) is 16.4 Å². The quantitative estimate of drug-likeness (QED) is 0.104. The maximum atomic E-state index is 13.4. The van der Waals surface area contributed by atoms with Crippen LogP contribution in [0, 0.1) is 0 Å². The lowest BCUT2D eigenvalue weighted by molar-refractivity contribution is 0.262. The van der Waals surface area contributed by atoms with Crippen molar-refractivity contribution in [3.63, 3.8) is 0 Å². The minimum atomic E-state index is -3.99. The van der Waals surface area contributed by atoms with Crippen LogP contribution in [0.3, 0.4) is 0 Å². The van der Waals surface area contributed by atoms with Crippen LogP contribution in [0.5, 0.6) is 23.1 Å². The monoisotopic (exact) mass is 735 g/mol. The molecule has 1 heterocycles. The molecule has 0 spiro atoms. The van der Waals surface area contributed by atoms with Crippen molar-refractivity contribution in [3.05, 3.63) is 84.6 Å². The van der Waals surface area contributed by atoms with Gasteiger partial charge in [0.05, 0.1) is 37.5 Å². The van der Waals surface area contributed by atoms with Crippen molar-refractivity contribution in [3.8, 4) is 23.1 Å². The summed E-state index contributed by atoms with van der Waals surface area (Å²) in [5.74, 6) is 1.01. The Morgan fingerprint density at radius 1 is 0.804 bits per heavy atom. The summed E-state index contributed by atoms with van der Waals surface area (Å²) < 4.78 is 67.2. The average Bonchev–Trinajstić information content (AvgIpc) is 3.04. The normalized spacial score (nSPS) is 11.8. The Kier molecular flexibility index (Phi) is 10.3. The number of carbonyl (C=O) groups is 1. The highest BCUT2D eigenvalue weighted by molar-refractivity contribution is 7.92. The van der Waals surface area contributed by atoms with Crippen LogP contribution in [0.15, 0.2) is 83.9 Å². The van der Waals surface area contributed by atoms with Crippen molar-refractivity contribution in [2.24, 2.45) is 5.14 Å². The molecule has 5 aromatic rings. The summed E-state index contributed by atoms with van der Waals surface area (Å²) >= 11 is 0. The van der Waals surface area contributed by atoms with Crippen LogP contribution in [0.1, 0.15) is 26.3 Å². The summed E-state index contributed by atoms with van der Waals surface area (Å²) in [6.45, 7) is 5.89. The molecule has 6 N–H and O–H groups in total. The molecule has 0 fully saturated rings. The molecular weight excluding hydrogens is 699 g/mol. The van der Waals surface area contributed by atoms with E-state index in [0.29, 0.717) is 27.9 Å². The van der Waals surface area contributed by atoms with Crippen molar-refractivity contribution in [1.29, 1.82) is 0 Å². The molecular formula is C34H37N7O8S2. The first-order chi connectivity index (χ1) is 23.9. The average molecular weight is 736 g/mol. The molecule has 268 valence electrons. The lowest BCUT2D eigenvalue weighted by atomic mass is 9.86. The maximum Gasteiger partial charge on any atom is 0.323 e. The number of amides is 2. The van der Waals surface area contributed by atoms with Gasteiger partial charge < -0.3 is 30.2 Å². The number of carbonyl (C=O) groups excluding carboxylic acids is 1. The second kappa shape index (κ2) is 14.3. The number of urea groups is 1. The van der Waals surface area contributed by atoms with E-state index in [4.69, 9.17) is 19.3 Å². The summed E-state index contributed by atoms with van der Waals surface area (Å²) in [5.41, 5.74) is 1.76. The van der Waals surface area contributed by atoms with E-state index >= 15 is 0 Å². The van der Waals surface area contributed by atoms with Crippen molar-refractivity contribution in [1.82, 2.24) is 9.97 Å². The van der Waals surface area contributed by atoms with E-state index in [0.717, 1.165) is 11.8 Å². The Morgan fingerprint density at radius 3 is 2.14 bits per heavy atom. The first-order valence-electron chi connectivity index (χ1n) is 15.2. The smallest absolute Gasteiger partial charge is 0.323 e. The molecule has 2 amide bonds. The fourth-order valence-electron chi connectivity index (χ4n) is 5.08. The summed E-state index contributed by atoms with van der Waals surface area (Å²) in [6.07, 6.45) is 2.52. The van der Waals surface area contributed by atoms with E-state index in [1.165, 1.54) is 38.6 Å². The minimum absolute atomic E-state index is 0.0509. The number of hydrogen-bond donors (Lipinski definition) is 5. The van der Waals surface area contributed by atoms with Gasteiger partial charge in [-0.1, -0.05) is 45.0 Å². The summed E-state index contributed by atoms with van der Waals surface area (Å²) in [5, 5.41) is 15.3. The van der Waals surface area contributed by atoms with Crippen LogP contribution in [0.25, 0.3) is 10.8 Å². The highest BCUT2D eigenvalue weighted by Crippen LogP contribution is 2.40. The van der Waals surface area contributed by atoms with Crippen LogP contribution < -0.4 is 40.0 Å². The molecule has 0 bridgehead atoms. The number of benzene rings is 4. The van der Waals surface area contributed by atoms with Crippen LogP contribution in [-0.4, -0.2) is 53.3 Å². The predicted molar refractivity (Wildman–Crippen MR) is 197 cm³/mol. The van der Waals surface area contributed by atoms with Crippen LogP contribution in [0.2, 0.25) is 0 Å². The molecule has 15 nitrogen and oxygen atoms in total. The number of aromatic nitrogens is 2. The molecule has 0 saturated carbocycles. The molecule has 1 aromatic heterocycles. The van der Waals surface area contributed by atoms with E-state index in [1.807, 2.05) is 45.0 Å². The van der Waals surface area contributed by atoms with Crippen molar-refractivity contribution < 1.29 is 35.8 Å². The second-order valence-corrected chi connectivity index (χ2v) is 15.6. The number of nitrogens with two attached hydrogens (primary N) is 1. The third kappa shape index (κ3) is 8.94. The van der Waals surface area contributed by atoms with Gasteiger partial charge in [-0.15, -0.1) is 0 Å². The standard InChI is InChI=1S/C34H37N7O8S2/c1-34(2,3)20-17-25(31(48-5)26(18-20)41-50(6,43)44)39-33(42)38-24-12-13-27(23-10-8-7-9-22(23)24)49-30-15-16-36-32(40-30)37-21-11-14-29(51(35,45)46)28(19-21)47-4/h7-19,41H,1-6H3,(H2,35,45,46)(H,36,37,40)(H2,38,39,42). The number of primary sulfonamides is 1. The fourth-order valence-corrected chi connectivity index (χ4v) is 6.31. The van der Waals surface area contributed by atoms with Crippen molar-refractivity contribution in [2.45, 2.75) is 31.1 Å². The largest absolute Gasteiger partial charge is 0.495 e. The van der Waals surface area contributed by atoms with Gasteiger partial charge in [-0.2, -0.15) is 4.98 Å². The molecule has 0 radical (unpaired) electrons. The van der Waals surface area contributed by atoms with Gasteiger partial charge in [0.25, 0.3) is 0 Å². The summed E-state index contributed by atoms with van der Waals surface area (Å²) in [4.78, 5) is 21.9. The fraction of sp³-hybridized carbons (Fsp3) is 0.206. The predicted octanol–water partition coefficient (Wildman–Crippen LogP) is 6.14. The van der Waals surface area contributed by atoms with E-state index in [-0.39, 0.29) is 45.0 Å². The minimum Gasteiger partial charge on any atom is -0.495 e. The Balaban J connectivity index is 1.39. The van der Waals surface area contributed by atoms with Crippen LogP contribution in [-0.2, 0) is 25.5 Å². The van der Waals surface area contributed by atoms with Gasteiger partial charge >= 0.3 is 6.03 Å². The molecule has 0 aliphatic rings. The molecule has 0 saturated heterocycles. The zero-order chi connectivity index (χ0) is 37.1. The number of methoxy groups -OCH3 is 2. The van der Waals surface area contributed by atoms with Crippen LogP contribution >= 0.6 is 0 Å². The van der Waals surface area contributed by atoms with Gasteiger partial charge in [0.15, 0.2) is 5.75 Å². The van der Waals surface area contributed by atoms with Gasteiger partial charge in [0.2, 0.25) is 31.9 Å². The Labute approximate surface area is 295 Å². The summed E-state index contributed by atoms with van der Waals surface area (Å²) in [6, 6.07) is 19.3. The molecule has 0 aliphatic carbocycles. The molecule has 0 atom stereocenters. The number of anilines is 5. The van der Waals surface area contributed by atoms with Gasteiger partial charge in [-0.3, -0.25) is 4.72 Å². The molecule has 0 aliphatic heterocycles. The molecule has 51 heavy (non-hydrogen) atoms. The molecule has 4 aromatic carbocycles. The van der Waals surface area contributed by atoms with Gasteiger partial charge in [-0.05, 0) is 47.4 Å². The van der Waals surface area contributed by atoms with E-state index in [1.54, 1.807) is 30.3 Å². The number of sulfonamides is 2. The number of nitrogens with one attached hydrogen (secondary N) is 4. The van der Waals surface area contributed by atoms with E-state index in [2.05, 4.69) is 30.6 Å². The van der Waals surface area contributed by atoms with Gasteiger partial charge in [0, 0.05) is 34.8 Å². The van der Waals surface area contributed by atoms with Crippen molar-refractivity contribution >= 4 is 65.5 Å². The lowest BCUT2D eigenvalue weighted by Crippen LogP contribution is -2.22.